The Morgan fingerprint density at radius 2 is 2.00 bits per heavy atom. The molecule has 28 heavy (non-hydrogen) atoms. The highest BCUT2D eigenvalue weighted by Crippen LogP contribution is 2.21. The van der Waals surface area contributed by atoms with Crippen LogP contribution >= 0.6 is 0 Å². The van der Waals surface area contributed by atoms with Crippen molar-refractivity contribution in [2.75, 3.05) is 39.4 Å². The standard InChI is InChI=1S/C20H26N4O4/c1-2-26-16-7-5-15(6-8-16)19-21-18(28-22-19)14-23-9-11-24(12-10-23)20(25)17-4-3-13-27-17/h5-8,17H,2-4,9-14H2,1H3/t17-/m1/s1. The van der Waals surface area contributed by atoms with E-state index in [0.717, 1.165) is 37.2 Å². The van der Waals surface area contributed by atoms with E-state index in [1.54, 1.807) is 0 Å². The van der Waals surface area contributed by atoms with Crippen LogP contribution in [0.25, 0.3) is 11.4 Å². The molecule has 0 radical (unpaired) electrons. The third-order valence-corrected chi connectivity index (χ3v) is 5.14. The predicted molar refractivity (Wildman–Crippen MR) is 102 cm³/mol. The first-order valence-electron chi connectivity index (χ1n) is 9.91. The van der Waals surface area contributed by atoms with Gasteiger partial charge in [-0.2, -0.15) is 4.98 Å². The molecule has 1 amide bonds. The lowest BCUT2D eigenvalue weighted by Gasteiger charge is -2.35. The van der Waals surface area contributed by atoms with Gasteiger partial charge in [0, 0.05) is 38.3 Å². The molecule has 2 aliphatic rings. The summed E-state index contributed by atoms with van der Waals surface area (Å²) in [7, 11) is 0. The Hall–Kier alpha value is -2.45. The molecule has 150 valence electrons. The zero-order chi connectivity index (χ0) is 19.3. The van der Waals surface area contributed by atoms with Gasteiger partial charge in [-0.1, -0.05) is 5.16 Å². The van der Waals surface area contributed by atoms with Crippen LogP contribution < -0.4 is 4.74 Å². The summed E-state index contributed by atoms with van der Waals surface area (Å²) in [4.78, 5) is 21.1. The molecule has 3 heterocycles. The molecule has 2 fully saturated rings. The monoisotopic (exact) mass is 386 g/mol. The number of benzene rings is 1. The molecule has 1 atom stereocenters. The average Bonchev–Trinajstić information content (AvgIpc) is 3.41. The highest BCUT2D eigenvalue weighted by Gasteiger charge is 2.30. The average molecular weight is 386 g/mol. The molecule has 0 saturated carbocycles. The third kappa shape index (κ3) is 4.34. The summed E-state index contributed by atoms with van der Waals surface area (Å²) < 4.78 is 16.4. The van der Waals surface area contributed by atoms with Crippen LogP contribution in [-0.2, 0) is 16.1 Å². The van der Waals surface area contributed by atoms with E-state index in [1.165, 1.54) is 0 Å². The van der Waals surface area contributed by atoms with Crippen LogP contribution in [0, 0.1) is 0 Å². The first-order chi connectivity index (χ1) is 13.7. The fourth-order valence-electron chi connectivity index (χ4n) is 3.60. The zero-order valence-electron chi connectivity index (χ0n) is 16.2. The maximum absolute atomic E-state index is 12.4. The van der Waals surface area contributed by atoms with Crippen molar-refractivity contribution >= 4 is 5.91 Å². The second kappa shape index (κ2) is 8.70. The molecule has 2 saturated heterocycles. The maximum atomic E-state index is 12.4. The first-order valence-corrected chi connectivity index (χ1v) is 9.91. The molecule has 0 aliphatic carbocycles. The van der Waals surface area contributed by atoms with E-state index in [0.29, 0.717) is 44.6 Å². The molecule has 0 N–H and O–H groups in total. The SMILES string of the molecule is CCOc1ccc(-c2noc(CN3CCN(C(=O)[C@H]4CCCO4)CC3)n2)cc1. The Balaban J connectivity index is 1.29. The topological polar surface area (TPSA) is 80.9 Å². The number of carbonyl (C=O) groups excluding carboxylic acids is 1. The number of hydrogen-bond donors (Lipinski definition) is 0. The van der Waals surface area contributed by atoms with Gasteiger partial charge in [-0.05, 0) is 44.0 Å². The van der Waals surface area contributed by atoms with E-state index in [2.05, 4.69) is 15.0 Å². The predicted octanol–water partition coefficient (Wildman–Crippen LogP) is 1.96. The van der Waals surface area contributed by atoms with Crippen LogP contribution in [0.2, 0.25) is 0 Å². The molecule has 1 aromatic carbocycles. The smallest absolute Gasteiger partial charge is 0.251 e. The van der Waals surface area contributed by atoms with Gasteiger partial charge in [0.25, 0.3) is 5.91 Å². The molecule has 4 rings (SSSR count). The highest BCUT2D eigenvalue weighted by atomic mass is 16.5. The van der Waals surface area contributed by atoms with Crippen LogP contribution in [0.1, 0.15) is 25.7 Å². The van der Waals surface area contributed by atoms with Crippen molar-refractivity contribution in [3.8, 4) is 17.1 Å². The summed E-state index contributed by atoms with van der Waals surface area (Å²) in [5.41, 5.74) is 0.894. The van der Waals surface area contributed by atoms with Gasteiger partial charge in [-0.15, -0.1) is 0 Å². The van der Waals surface area contributed by atoms with Gasteiger partial charge < -0.3 is 18.9 Å². The third-order valence-electron chi connectivity index (χ3n) is 5.14. The lowest BCUT2D eigenvalue weighted by atomic mass is 10.2. The van der Waals surface area contributed by atoms with Gasteiger partial charge in [0.15, 0.2) is 0 Å². The van der Waals surface area contributed by atoms with Gasteiger partial charge in [0.1, 0.15) is 11.9 Å². The Morgan fingerprint density at radius 3 is 2.68 bits per heavy atom. The number of nitrogens with zero attached hydrogens (tertiary/aromatic N) is 4. The molecule has 0 spiro atoms. The fraction of sp³-hybridized carbons (Fsp3) is 0.550. The summed E-state index contributed by atoms with van der Waals surface area (Å²) in [5.74, 6) is 2.12. The zero-order valence-corrected chi connectivity index (χ0v) is 16.2. The molecule has 2 aromatic rings. The molecule has 8 heteroatoms. The van der Waals surface area contributed by atoms with Crippen molar-refractivity contribution in [2.24, 2.45) is 0 Å². The van der Waals surface area contributed by atoms with E-state index in [9.17, 15) is 4.79 Å². The van der Waals surface area contributed by atoms with Crippen molar-refractivity contribution in [2.45, 2.75) is 32.4 Å². The molecule has 1 aromatic heterocycles. The van der Waals surface area contributed by atoms with Crippen molar-refractivity contribution in [3.63, 3.8) is 0 Å². The lowest BCUT2D eigenvalue weighted by molar-refractivity contribution is -0.142. The summed E-state index contributed by atoms with van der Waals surface area (Å²) in [5, 5.41) is 4.09. The lowest BCUT2D eigenvalue weighted by Crippen LogP contribution is -2.51. The minimum atomic E-state index is -0.237. The molecule has 0 bridgehead atoms. The number of amides is 1. The number of piperazine rings is 1. The second-order valence-corrected chi connectivity index (χ2v) is 7.07. The van der Waals surface area contributed by atoms with Crippen LogP contribution in [0.15, 0.2) is 28.8 Å². The minimum Gasteiger partial charge on any atom is -0.494 e. The van der Waals surface area contributed by atoms with Crippen LogP contribution in [0.5, 0.6) is 5.75 Å². The van der Waals surface area contributed by atoms with Gasteiger partial charge in [-0.3, -0.25) is 9.69 Å². The number of hydrogen-bond acceptors (Lipinski definition) is 7. The van der Waals surface area contributed by atoms with E-state index in [4.69, 9.17) is 14.0 Å². The Bertz CT molecular complexity index is 778. The van der Waals surface area contributed by atoms with Gasteiger partial charge in [-0.25, -0.2) is 0 Å². The molecule has 2 aliphatic heterocycles. The van der Waals surface area contributed by atoms with Gasteiger partial charge >= 0.3 is 0 Å². The number of rotatable bonds is 6. The number of aromatic nitrogens is 2. The molecule has 8 nitrogen and oxygen atoms in total. The maximum Gasteiger partial charge on any atom is 0.251 e. The first kappa shape index (κ1) is 18.9. The molecular weight excluding hydrogens is 360 g/mol. The van der Waals surface area contributed by atoms with Crippen molar-refractivity contribution < 1.29 is 18.8 Å². The summed E-state index contributed by atoms with van der Waals surface area (Å²) in [6.45, 7) is 6.88. The largest absolute Gasteiger partial charge is 0.494 e. The Morgan fingerprint density at radius 1 is 1.21 bits per heavy atom. The van der Waals surface area contributed by atoms with E-state index < -0.39 is 0 Å². The Kier molecular flexibility index (Phi) is 5.87. The molecular formula is C20H26N4O4. The summed E-state index contributed by atoms with van der Waals surface area (Å²) in [6.07, 6.45) is 1.58. The fourth-order valence-corrected chi connectivity index (χ4v) is 3.60. The second-order valence-electron chi connectivity index (χ2n) is 7.07. The van der Waals surface area contributed by atoms with Crippen LogP contribution in [0.3, 0.4) is 0 Å². The molecule has 0 unspecified atom stereocenters. The quantitative estimate of drug-likeness (QED) is 0.751. The summed E-state index contributed by atoms with van der Waals surface area (Å²) >= 11 is 0. The number of ether oxygens (including phenoxy) is 2. The van der Waals surface area contributed by atoms with Crippen LogP contribution in [-0.4, -0.2) is 71.3 Å². The number of carbonyl (C=O) groups is 1. The Labute approximate surface area is 164 Å². The van der Waals surface area contributed by atoms with E-state index in [1.807, 2.05) is 36.1 Å². The highest BCUT2D eigenvalue weighted by molar-refractivity contribution is 5.81. The van der Waals surface area contributed by atoms with Crippen LogP contribution in [0.4, 0.5) is 0 Å². The van der Waals surface area contributed by atoms with Gasteiger partial charge in [0.2, 0.25) is 11.7 Å². The van der Waals surface area contributed by atoms with Gasteiger partial charge in [0.05, 0.1) is 13.2 Å². The summed E-state index contributed by atoms with van der Waals surface area (Å²) in [6, 6.07) is 7.66. The van der Waals surface area contributed by atoms with Crippen molar-refractivity contribution in [1.82, 2.24) is 19.9 Å². The van der Waals surface area contributed by atoms with E-state index >= 15 is 0 Å². The van der Waals surface area contributed by atoms with E-state index in [-0.39, 0.29) is 12.0 Å². The van der Waals surface area contributed by atoms with Crippen molar-refractivity contribution in [1.29, 1.82) is 0 Å². The normalized spacial score (nSPS) is 20.5. The minimum absolute atomic E-state index is 0.132. The van der Waals surface area contributed by atoms with Crippen molar-refractivity contribution in [3.05, 3.63) is 30.2 Å².